The second kappa shape index (κ2) is 7.98. The van der Waals surface area contributed by atoms with Crippen molar-refractivity contribution in [1.29, 1.82) is 0 Å². The van der Waals surface area contributed by atoms with E-state index in [1.807, 2.05) is 24.3 Å². The molecule has 0 bridgehead atoms. The summed E-state index contributed by atoms with van der Waals surface area (Å²) in [6, 6.07) is 13.7. The van der Waals surface area contributed by atoms with Crippen LogP contribution in [0.3, 0.4) is 0 Å². The lowest BCUT2D eigenvalue weighted by atomic mass is 10.2. The first kappa shape index (κ1) is 16.5. The summed E-state index contributed by atoms with van der Waals surface area (Å²) in [5, 5.41) is 3.83. The lowest BCUT2D eigenvalue weighted by Crippen LogP contribution is -2.12. The highest BCUT2D eigenvalue weighted by atomic mass is 16.5. The van der Waals surface area contributed by atoms with E-state index in [0.717, 1.165) is 11.1 Å². The number of nitrogens with one attached hydrogen (secondary N) is 1. The van der Waals surface area contributed by atoms with Gasteiger partial charge in [-0.3, -0.25) is 4.79 Å². The number of benzene rings is 2. The summed E-state index contributed by atoms with van der Waals surface area (Å²) in [7, 11) is 1.59. The summed E-state index contributed by atoms with van der Waals surface area (Å²) in [4.78, 5) is 10.8. The third-order valence-corrected chi connectivity index (χ3v) is 3.14. The second-order valence-corrected chi connectivity index (χ2v) is 5.11. The molecule has 0 heterocycles. The van der Waals surface area contributed by atoms with Crippen LogP contribution in [0.1, 0.15) is 23.6 Å². The molecule has 0 fully saturated rings. The van der Waals surface area contributed by atoms with Gasteiger partial charge in [0.25, 0.3) is 0 Å². The van der Waals surface area contributed by atoms with Crippen LogP contribution in [0.5, 0.6) is 11.5 Å². The van der Waals surface area contributed by atoms with Gasteiger partial charge >= 0.3 is 0 Å². The van der Waals surface area contributed by atoms with Gasteiger partial charge in [0, 0.05) is 6.92 Å². The molecule has 0 atom stereocenters. The normalized spacial score (nSPS) is 10.6. The largest absolute Gasteiger partial charge is 0.493 e. The molecule has 0 saturated carbocycles. The molecule has 0 aromatic heterocycles. The first-order valence-corrected chi connectivity index (χ1v) is 7.24. The summed E-state index contributed by atoms with van der Waals surface area (Å²) < 4.78 is 11.2. The van der Waals surface area contributed by atoms with Gasteiger partial charge < -0.3 is 9.47 Å². The highest BCUT2D eigenvalue weighted by Crippen LogP contribution is 2.28. The van der Waals surface area contributed by atoms with E-state index in [1.165, 1.54) is 12.5 Å². The Morgan fingerprint density at radius 3 is 2.57 bits per heavy atom. The van der Waals surface area contributed by atoms with Crippen LogP contribution < -0.4 is 14.9 Å². The number of hydrogen-bond donors (Lipinski definition) is 1. The number of carbonyl (C=O) groups is 1. The number of hydrogen-bond acceptors (Lipinski definition) is 4. The van der Waals surface area contributed by atoms with Crippen molar-refractivity contribution >= 4 is 12.1 Å². The van der Waals surface area contributed by atoms with Crippen LogP contribution in [0.15, 0.2) is 47.6 Å². The molecule has 23 heavy (non-hydrogen) atoms. The van der Waals surface area contributed by atoms with Crippen molar-refractivity contribution in [1.82, 2.24) is 5.43 Å². The van der Waals surface area contributed by atoms with Gasteiger partial charge in [-0.05, 0) is 36.2 Å². The maximum Gasteiger partial charge on any atom is 0.236 e. The highest BCUT2D eigenvalue weighted by molar-refractivity contribution is 5.82. The van der Waals surface area contributed by atoms with Gasteiger partial charge in [0.15, 0.2) is 11.5 Å². The molecular weight excluding hydrogens is 292 g/mol. The van der Waals surface area contributed by atoms with E-state index in [-0.39, 0.29) is 5.91 Å². The lowest BCUT2D eigenvalue weighted by molar-refractivity contribution is -0.118. The Labute approximate surface area is 135 Å². The number of rotatable bonds is 6. The van der Waals surface area contributed by atoms with Gasteiger partial charge in [-0.2, -0.15) is 5.10 Å². The van der Waals surface area contributed by atoms with E-state index in [1.54, 1.807) is 19.4 Å². The van der Waals surface area contributed by atoms with E-state index in [2.05, 4.69) is 29.6 Å². The minimum atomic E-state index is -0.216. The van der Waals surface area contributed by atoms with Crippen LogP contribution in [-0.2, 0) is 11.4 Å². The zero-order valence-electron chi connectivity index (χ0n) is 13.5. The molecule has 0 radical (unpaired) electrons. The number of nitrogens with zero attached hydrogens (tertiary/aromatic N) is 1. The van der Waals surface area contributed by atoms with Crippen LogP contribution in [0.4, 0.5) is 0 Å². The number of amides is 1. The predicted octanol–water partition coefficient (Wildman–Crippen LogP) is 3.05. The number of aryl methyl sites for hydroxylation is 1. The third-order valence-electron chi connectivity index (χ3n) is 3.14. The Morgan fingerprint density at radius 2 is 1.91 bits per heavy atom. The molecule has 1 amide bonds. The monoisotopic (exact) mass is 312 g/mol. The van der Waals surface area contributed by atoms with Gasteiger partial charge in [-0.25, -0.2) is 5.43 Å². The Balaban J connectivity index is 2.05. The second-order valence-electron chi connectivity index (χ2n) is 5.11. The maximum absolute atomic E-state index is 10.8. The quantitative estimate of drug-likeness (QED) is 0.659. The number of methoxy groups -OCH3 is 1. The highest BCUT2D eigenvalue weighted by Gasteiger charge is 2.05. The molecule has 1 N–H and O–H groups in total. The molecule has 0 unspecified atom stereocenters. The van der Waals surface area contributed by atoms with Crippen molar-refractivity contribution in [2.45, 2.75) is 20.5 Å². The molecule has 2 rings (SSSR count). The minimum Gasteiger partial charge on any atom is -0.493 e. The van der Waals surface area contributed by atoms with Gasteiger partial charge in [-0.15, -0.1) is 0 Å². The fourth-order valence-electron chi connectivity index (χ4n) is 1.93. The fraction of sp³-hybridized carbons (Fsp3) is 0.222. The van der Waals surface area contributed by atoms with E-state index in [9.17, 15) is 4.79 Å². The molecular formula is C18H20N2O3. The summed E-state index contributed by atoms with van der Waals surface area (Å²) in [5.74, 6) is 1.06. The first-order chi connectivity index (χ1) is 11.1. The maximum atomic E-state index is 10.8. The van der Waals surface area contributed by atoms with Crippen molar-refractivity contribution < 1.29 is 14.3 Å². The summed E-state index contributed by atoms with van der Waals surface area (Å²) in [5.41, 5.74) is 5.47. The first-order valence-electron chi connectivity index (χ1n) is 7.24. The van der Waals surface area contributed by atoms with Gasteiger partial charge in [-0.1, -0.05) is 29.8 Å². The molecule has 120 valence electrons. The molecule has 0 aliphatic carbocycles. The summed E-state index contributed by atoms with van der Waals surface area (Å²) >= 11 is 0. The Hall–Kier alpha value is -2.82. The van der Waals surface area contributed by atoms with Crippen molar-refractivity contribution in [2.24, 2.45) is 5.10 Å². The number of ether oxygens (including phenoxy) is 2. The molecule has 0 aliphatic rings. The molecule has 0 aliphatic heterocycles. The van der Waals surface area contributed by atoms with Crippen molar-refractivity contribution in [3.63, 3.8) is 0 Å². The van der Waals surface area contributed by atoms with Crippen LogP contribution in [0.25, 0.3) is 0 Å². The van der Waals surface area contributed by atoms with Crippen molar-refractivity contribution in [2.75, 3.05) is 7.11 Å². The van der Waals surface area contributed by atoms with E-state index in [4.69, 9.17) is 9.47 Å². The predicted molar refractivity (Wildman–Crippen MR) is 89.9 cm³/mol. The Bertz CT molecular complexity index is 694. The van der Waals surface area contributed by atoms with Crippen LogP contribution >= 0.6 is 0 Å². The van der Waals surface area contributed by atoms with E-state index < -0.39 is 0 Å². The average Bonchev–Trinajstić information content (AvgIpc) is 2.54. The molecule has 5 heteroatoms. The molecule has 2 aromatic carbocycles. The smallest absolute Gasteiger partial charge is 0.236 e. The molecule has 5 nitrogen and oxygen atoms in total. The molecule has 2 aromatic rings. The zero-order chi connectivity index (χ0) is 16.7. The van der Waals surface area contributed by atoms with Gasteiger partial charge in [0.2, 0.25) is 5.91 Å². The third kappa shape index (κ3) is 5.14. The molecule has 0 spiro atoms. The minimum absolute atomic E-state index is 0.216. The zero-order valence-corrected chi connectivity index (χ0v) is 13.5. The van der Waals surface area contributed by atoms with E-state index >= 15 is 0 Å². The van der Waals surface area contributed by atoms with Crippen LogP contribution in [-0.4, -0.2) is 19.2 Å². The summed E-state index contributed by atoms with van der Waals surface area (Å²) in [6.07, 6.45) is 1.55. The van der Waals surface area contributed by atoms with Gasteiger partial charge in [0.05, 0.1) is 13.3 Å². The van der Waals surface area contributed by atoms with Gasteiger partial charge in [0.1, 0.15) is 6.61 Å². The number of hydrazone groups is 1. The molecule has 0 saturated heterocycles. The average molecular weight is 312 g/mol. The van der Waals surface area contributed by atoms with Crippen LogP contribution in [0.2, 0.25) is 0 Å². The Morgan fingerprint density at radius 1 is 1.17 bits per heavy atom. The number of carbonyl (C=O) groups excluding carboxylic acids is 1. The lowest BCUT2D eigenvalue weighted by Gasteiger charge is -2.11. The fourth-order valence-corrected chi connectivity index (χ4v) is 1.93. The Kier molecular flexibility index (Phi) is 5.74. The van der Waals surface area contributed by atoms with Crippen molar-refractivity contribution in [3.8, 4) is 11.5 Å². The van der Waals surface area contributed by atoms with Crippen molar-refractivity contribution in [3.05, 3.63) is 59.2 Å². The topological polar surface area (TPSA) is 59.9 Å². The van der Waals surface area contributed by atoms with E-state index in [0.29, 0.717) is 18.1 Å². The summed E-state index contributed by atoms with van der Waals surface area (Å²) in [6.45, 7) is 3.92. The van der Waals surface area contributed by atoms with Crippen LogP contribution in [0, 0.1) is 6.92 Å². The standard InChI is InChI=1S/C18H20N2O3/c1-13-4-6-15(7-5-13)12-23-17-9-8-16(10-18(17)22-3)11-19-20-14(2)21/h4-11H,12H2,1-3H3,(H,20,21)/b19-11-. The SMILES string of the molecule is COc1cc(/C=N\NC(C)=O)ccc1OCc1ccc(C)cc1.